The molecule has 1 aromatic carbocycles. The first-order valence-electron chi connectivity index (χ1n) is 13.9. The van der Waals surface area contributed by atoms with Crippen molar-refractivity contribution < 1.29 is 9.90 Å². The predicted octanol–water partition coefficient (Wildman–Crippen LogP) is 2.32. The van der Waals surface area contributed by atoms with Crippen LogP contribution in [0.3, 0.4) is 0 Å². The Bertz CT molecular complexity index is 1900. The van der Waals surface area contributed by atoms with Gasteiger partial charge in [0.2, 0.25) is 0 Å². The molecule has 0 atom stereocenters. The lowest BCUT2D eigenvalue weighted by Crippen LogP contribution is -2.48. The van der Waals surface area contributed by atoms with E-state index in [1.54, 1.807) is 37.0 Å². The molecule has 6 rings (SSSR count). The maximum absolute atomic E-state index is 13.9. The number of rotatable bonds is 6. The summed E-state index contributed by atoms with van der Waals surface area (Å²) in [6.45, 7) is 6.97. The minimum absolute atomic E-state index is 0.0825. The molecule has 0 unspecified atom stereocenters. The van der Waals surface area contributed by atoms with E-state index in [-0.39, 0.29) is 38.2 Å². The number of carbonyl (C=O) groups is 1. The van der Waals surface area contributed by atoms with Crippen LogP contribution in [-0.4, -0.2) is 78.3 Å². The van der Waals surface area contributed by atoms with Gasteiger partial charge in [-0.3, -0.25) is 33.3 Å². The van der Waals surface area contributed by atoms with E-state index in [0.29, 0.717) is 55.6 Å². The monoisotopic (exact) mass is 617 g/mol. The van der Waals surface area contributed by atoms with Gasteiger partial charge in [0.05, 0.1) is 28.5 Å². The number of pyridine rings is 1. The summed E-state index contributed by atoms with van der Waals surface area (Å²) in [6, 6.07) is 12.9. The highest BCUT2D eigenvalue weighted by atomic mass is 32.2. The molecule has 0 saturated carbocycles. The second-order valence-electron chi connectivity index (χ2n) is 10.5. The van der Waals surface area contributed by atoms with Crippen molar-refractivity contribution in [3.05, 3.63) is 91.1 Å². The van der Waals surface area contributed by atoms with Crippen molar-refractivity contribution >= 4 is 57.4 Å². The van der Waals surface area contributed by atoms with Crippen molar-refractivity contribution in [2.75, 3.05) is 49.1 Å². The fourth-order valence-electron chi connectivity index (χ4n) is 5.60. The van der Waals surface area contributed by atoms with E-state index in [2.05, 4.69) is 4.90 Å². The van der Waals surface area contributed by atoms with Gasteiger partial charge in [-0.15, -0.1) is 0 Å². The molecule has 222 valence electrons. The molecule has 1 amide bonds. The Hall–Kier alpha value is -4.04. The number of carbonyl (C=O) groups excluding carboxylic acids is 1. The van der Waals surface area contributed by atoms with Crippen LogP contribution < -0.4 is 20.9 Å². The number of amides is 1. The van der Waals surface area contributed by atoms with Crippen molar-refractivity contribution in [3.63, 3.8) is 0 Å². The van der Waals surface area contributed by atoms with Crippen molar-refractivity contribution in [2.45, 2.75) is 13.8 Å². The molecule has 2 aliphatic rings. The number of thioether (sulfide) groups is 1. The lowest BCUT2D eigenvalue weighted by molar-refractivity contribution is -0.113. The van der Waals surface area contributed by atoms with E-state index < -0.39 is 5.91 Å². The predicted molar refractivity (Wildman–Crippen MR) is 173 cm³/mol. The molecule has 1 N–H and O–H groups in total. The summed E-state index contributed by atoms with van der Waals surface area (Å²) >= 11 is 6.70. The number of β-amino-alcohol motifs (C(OH)–C–C–N with tert-alkyl or cyclic N) is 1. The highest BCUT2D eigenvalue weighted by Gasteiger charge is 2.38. The molecular weight excluding hydrogens is 587 g/mol. The molecule has 0 aliphatic carbocycles. The Morgan fingerprint density at radius 1 is 1.00 bits per heavy atom. The smallest absolute Gasteiger partial charge is 0.296 e. The van der Waals surface area contributed by atoms with Gasteiger partial charge in [0.25, 0.3) is 17.0 Å². The Morgan fingerprint density at radius 3 is 2.42 bits per heavy atom. The number of hydrogen-bond donors (Lipinski definition) is 1. The molecule has 0 radical (unpaired) electrons. The molecule has 2 fully saturated rings. The third-order valence-electron chi connectivity index (χ3n) is 7.97. The minimum atomic E-state index is -0.464. The number of fused-ring (bicyclic) bond motifs is 1. The molecule has 5 heterocycles. The lowest BCUT2D eigenvalue weighted by atomic mass is 10.2. The average molecular weight is 618 g/mol. The van der Waals surface area contributed by atoms with Crippen LogP contribution in [0, 0.1) is 13.8 Å². The van der Waals surface area contributed by atoms with Crippen LogP contribution >= 0.6 is 24.0 Å². The highest BCUT2D eigenvalue weighted by molar-refractivity contribution is 8.27. The van der Waals surface area contributed by atoms with Crippen molar-refractivity contribution in [1.82, 2.24) is 23.6 Å². The van der Waals surface area contributed by atoms with E-state index >= 15 is 0 Å². The maximum atomic E-state index is 13.9. The first-order chi connectivity index (χ1) is 20.7. The molecule has 0 bridgehead atoms. The summed E-state index contributed by atoms with van der Waals surface area (Å²) < 4.78 is 4.91. The van der Waals surface area contributed by atoms with Crippen LogP contribution in [0.2, 0.25) is 0 Å². The van der Waals surface area contributed by atoms with Crippen molar-refractivity contribution in [2.24, 2.45) is 7.05 Å². The quantitative estimate of drug-likeness (QED) is 0.258. The number of nitrogens with zero attached hydrogens (tertiary/aromatic N) is 7. The normalized spacial score (nSPS) is 17.2. The number of aromatic nitrogens is 4. The van der Waals surface area contributed by atoms with Gasteiger partial charge in [0.1, 0.15) is 17.2 Å². The highest BCUT2D eigenvalue weighted by Crippen LogP contribution is 2.37. The number of aryl methyl sites for hydroxylation is 1. The van der Waals surface area contributed by atoms with Gasteiger partial charge in [0, 0.05) is 46.0 Å². The molecule has 3 aromatic heterocycles. The molecule has 2 aliphatic heterocycles. The summed E-state index contributed by atoms with van der Waals surface area (Å²) in [7, 11) is 1.76. The van der Waals surface area contributed by atoms with Gasteiger partial charge in [-0.05, 0) is 43.7 Å². The van der Waals surface area contributed by atoms with E-state index in [9.17, 15) is 19.5 Å². The molecule has 2 saturated heterocycles. The molecule has 43 heavy (non-hydrogen) atoms. The van der Waals surface area contributed by atoms with Crippen molar-refractivity contribution in [3.8, 4) is 5.69 Å². The summed E-state index contributed by atoms with van der Waals surface area (Å²) in [5.74, 6) is 0.0315. The number of thiocarbonyl (C=S) groups is 1. The van der Waals surface area contributed by atoms with Crippen molar-refractivity contribution in [1.29, 1.82) is 0 Å². The van der Waals surface area contributed by atoms with Crippen LogP contribution in [0.15, 0.2) is 63.2 Å². The van der Waals surface area contributed by atoms with Gasteiger partial charge in [-0.25, -0.2) is 9.67 Å². The number of aliphatic hydroxyl groups excluding tert-OH is 1. The van der Waals surface area contributed by atoms with Crippen LogP contribution in [0.4, 0.5) is 11.5 Å². The van der Waals surface area contributed by atoms with E-state index in [1.165, 1.54) is 14.0 Å². The number of hydrogen-bond acceptors (Lipinski definition) is 9. The third-order valence-corrected chi connectivity index (χ3v) is 9.27. The van der Waals surface area contributed by atoms with E-state index in [0.717, 1.165) is 17.3 Å². The first-order valence-corrected chi connectivity index (χ1v) is 15.2. The van der Waals surface area contributed by atoms with Crippen LogP contribution in [0.5, 0.6) is 0 Å². The molecule has 4 aromatic rings. The van der Waals surface area contributed by atoms with E-state index in [4.69, 9.17) is 17.2 Å². The molecular formula is C30H31N7O4S2. The average Bonchev–Trinajstić information content (AvgIpc) is 3.40. The third kappa shape index (κ3) is 5.01. The van der Waals surface area contributed by atoms with Gasteiger partial charge in [0.15, 0.2) is 4.32 Å². The molecule has 0 spiro atoms. The Kier molecular flexibility index (Phi) is 7.81. The zero-order chi connectivity index (χ0) is 30.4. The van der Waals surface area contributed by atoms with Crippen LogP contribution in [-0.2, 0) is 11.8 Å². The fourth-order valence-corrected chi connectivity index (χ4v) is 6.85. The van der Waals surface area contributed by atoms with Gasteiger partial charge in [-0.1, -0.05) is 48.2 Å². The second kappa shape index (κ2) is 11.6. The largest absolute Gasteiger partial charge is 0.395 e. The number of para-hydroxylation sites is 1. The number of benzene rings is 1. The van der Waals surface area contributed by atoms with Gasteiger partial charge in [-0.2, -0.15) is 0 Å². The molecule has 13 heteroatoms. The number of aliphatic hydroxyl groups is 1. The first kappa shape index (κ1) is 29.1. The Morgan fingerprint density at radius 2 is 1.72 bits per heavy atom. The molecule has 11 nitrogen and oxygen atoms in total. The summed E-state index contributed by atoms with van der Waals surface area (Å²) in [6.07, 6.45) is 3.23. The second-order valence-corrected chi connectivity index (χ2v) is 12.2. The summed E-state index contributed by atoms with van der Waals surface area (Å²) in [5, 5.41) is 9.36. The Balaban J connectivity index is 1.44. The number of anilines is 2. The Labute approximate surface area is 257 Å². The standard InChI is InChI=1S/C30H31N7O4S2/c1-19-8-7-11-35-25(19)31-26(34-14-12-33(13-15-34)16-17-38)22(27(35)39)18-23-28(40)36(30(42)43-23)24-20(2)32(3)37(29(24)41)21-9-5-4-6-10-21/h4-11,18,38H,12-17H2,1-3H3/b23-18+. The zero-order valence-electron chi connectivity index (χ0n) is 24.1. The summed E-state index contributed by atoms with van der Waals surface area (Å²) in [4.78, 5) is 52.2. The topological polar surface area (TPSA) is 108 Å². The fraction of sp³-hybridized carbons (Fsp3) is 0.300. The maximum Gasteiger partial charge on any atom is 0.296 e. The summed E-state index contributed by atoms with van der Waals surface area (Å²) in [5.41, 5.74) is 2.45. The lowest BCUT2D eigenvalue weighted by Gasteiger charge is -2.35. The van der Waals surface area contributed by atoms with Crippen LogP contribution in [0.1, 0.15) is 16.8 Å². The zero-order valence-corrected chi connectivity index (χ0v) is 25.7. The minimum Gasteiger partial charge on any atom is -0.395 e. The van der Waals surface area contributed by atoms with Crippen LogP contribution in [0.25, 0.3) is 17.4 Å². The van der Waals surface area contributed by atoms with Gasteiger partial charge >= 0.3 is 0 Å². The SMILES string of the molecule is Cc1cccn2c(=O)c(/C=C3/SC(=S)N(c4c(C)n(C)n(-c5ccccc5)c4=O)C3=O)c(N3CCN(CCO)CC3)nc12. The number of piperazine rings is 1. The van der Waals surface area contributed by atoms with Gasteiger partial charge < -0.3 is 10.0 Å². The van der Waals surface area contributed by atoms with E-state index in [1.807, 2.05) is 48.2 Å².